The summed E-state index contributed by atoms with van der Waals surface area (Å²) >= 11 is 0. The van der Waals surface area contributed by atoms with Crippen LogP contribution in [0.4, 0.5) is 0 Å². The summed E-state index contributed by atoms with van der Waals surface area (Å²) in [4.78, 5) is 35.3. The van der Waals surface area contributed by atoms with E-state index in [0.29, 0.717) is 17.5 Å². The Hall–Kier alpha value is -2.95. The van der Waals surface area contributed by atoms with Gasteiger partial charge in [-0.15, -0.1) is 0 Å². The zero-order valence-electron chi connectivity index (χ0n) is 13.6. The topological polar surface area (TPSA) is 72.5 Å². The average Bonchev–Trinajstić information content (AvgIpc) is 2.61. The number of esters is 1. The highest BCUT2D eigenvalue weighted by Crippen LogP contribution is 2.12. The molecule has 1 amide bonds. The summed E-state index contributed by atoms with van der Waals surface area (Å²) in [6.07, 6.45) is 0.298. The predicted molar refractivity (Wildman–Crippen MR) is 89.6 cm³/mol. The van der Waals surface area contributed by atoms with Gasteiger partial charge in [0.1, 0.15) is 6.04 Å². The van der Waals surface area contributed by atoms with Crippen molar-refractivity contribution >= 4 is 17.7 Å². The van der Waals surface area contributed by atoms with E-state index in [9.17, 15) is 14.4 Å². The van der Waals surface area contributed by atoms with Crippen molar-refractivity contribution in [2.45, 2.75) is 19.4 Å². The van der Waals surface area contributed by atoms with Gasteiger partial charge >= 0.3 is 5.97 Å². The van der Waals surface area contributed by atoms with Crippen molar-refractivity contribution in [2.75, 3.05) is 7.11 Å². The Morgan fingerprint density at radius 1 is 0.958 bits per heavy atom. The van der Waals surface area contributed by atoms with Gasteiger partial charge in [0.25, 0.3) is 0 Å². The molecule has 0 aliphatic carbocycles. The quantitative estimate of drug-likeness (QED) is 0.652. The van der Waals surface area contributed by atoms with E-state index in [2.05, 4.69) is 5.32 Å². The molecule has 1 atom stereocenters. The first-order valence-corrected chi connectivity index (χ1v) is 7.55. The number of rotatable bonds is 6. The third-order valence-corrected chi connectivity index (χ3v) is 3.56. The van der Waals surface area contributed by atoms with Gasteiger partial charge in [-0.2, -0.15) is 0 Å². The number of ketones is 1. The average molecular weight is 325 g/mol. The van der Waals surface area contributed by atoms with E-state index in [1.807, 2.05) is 18.2 Å². The Kier molecular flexibility index (Phi) is 5.84. The van der Waals surface area contributed by atoms with E-state index >= 15 is 0 Å². The van der Waals surface area contributed by atoms with Crippen molar-refractivity contribution in [1.82, 2.24) is 5.32 Å². The molecule has 0 saturated carbocycles. The molecule has 0 saturated heterocycles. The Morgan fingerprint density at radius 3 is 2.08 bits per heavy atom. The molecule has 2 aromatic rings. The minimum absolute atomic E-state index is 0.0615. The first kappa shape index (κ1) is 17.4. The summed E-state index contributed by atoms with van der Waals surface area (Å²) in [7, 11) is 1.28. The molecule has 0 bridgehead atoms. The number of methoxy groups -OCH3 is 1. The van der Waals surface area contributed by atoms with Crippen LogP contribution in [0.1, 0.15) is 28.4 Å². The molecule has 124 valence electrons. The van der Waals surface area contributed by atoms with E-state index in [1.165, 1.54) is 14.0 Å². The molecule has 0 aromatic heterocycles. The van der Waals surface area contributed by atoms with Crippen LogP contribution in [0.2, 0.25) is 0 Å². The minimum Gasteiger partial charge on any atom is -0.467 e. The van der Waals surface area contributed by atoms with E-state index in [4.69, 9.17) is 4.74 Å². The summed E-state index contributed by atoms with van der Waals surface area (Å²) in [5, 5.41) is 2.56. The van der Waals surface area contributed by atoms with E-state index in [1.54, 1.807) is 36.4 Å². The zero-order valence-corrected chi connectivity index (χ0v) is 13.6. The largest absolute Gasteiger partial charge is 0.467 e. The summed E-state index contributed by atoms with van der Waals surface area (Å²) in [6.45, 7) is 1.34. The van der Waals surface area contributed by atoms with Crippen molar-refractivity contribution in [3.63, 3.8) is 0 Å². The Bertz CT molecular complexity index is 723. The number of amides is 1. The lowest BCUT2D eigenvalue weighted by atomic mass is 9.99. The van der Waals surface area contributed by atoms with Crippen molar-refractivity contribution < 1.29 is 19.1 Å². The van der Waals surface area contributed by atoms with E-state index in [-0.39, 0.29) is 11.7 Å². The second-order valence-electron chi connectivity index (χ2n) is 5.37. The Morgan fingerprint density at radius 2 is 1.54 bits per heavy atom. The van der Waals surface area contributed by atoms with Gasteiger partial charge in [-0.1, -0.05) is 54.6 Å². The number of nitrogens with one attached hydrogen (secondary N) is 1. The minimum atomic E-state index is -0.747. The summed E-state index contributed by atoms with van der Waals surface area (Å²) in [5.74, 6) is -0.871. The van der Waals surface area contributed by atoms with Crippen molar-refractivity contribution in [1.29, 1.82) is 0 Å². The standard InChI is InChI=1S/C19H19NO4/c1-13(21)20-17(19(23)24-2)12-14-8-10-16(11-9-14)18(22)15-6-4-3-5-7-15/h3-11,17H,12H2,1-2H3,(H,20,21)/t17-/m0/s1. The second kappa shape index (κ2) is 8.06. The van der Waals surface area contributed by atoms with Crippen LogP contribution in [0, 0.1) is 0 Å². The third kappa shape index (κ3) is 4.52. The van der Waals surface area contributed by atoms with E-state index in [0.717, 1.165) is 5.56 Å². The second-order valence-corrected chi connectivity index (χ2v) is 5.37. The number of carbonyl (C=O) groups excluding carboxylic acids is 3. The molecule has 5 heteroatoms. The van der Waals surface area contributed by atoms with Crippen molar-refractivity contribution in [3.8, 4) is 0 Å². The molecule has 2 rings (SSSR count). The fourth-order valence-corrected chi connectivity index (χ4v) is 2.37. The lowest BCUT2D eigenvalue weighted by molar-refractivity contribution is -0.144. The van der Waals surface area contributed by atoms with Gasteiger partial charge in [0.15, 0.2) is 5.78 Å². The zero-order chi connectivity index (χ0) is 17.5. The van der Waals surface area contributed by atoms with Gasteiger partial charge in [0.05, 0.1) is 7.11 Å². The molecule has 0 radical (unpaired) electrons. The summed E-state index contributed by atoms with van der Waals surface area (Å²) in [5.41, 5.74) is 2.01. The lowest BCUT2D eigenvalue weighted by Gasteiger charge is -2.15. The van der Waals surface area contributed by atoms with Gasteiger partial charge in [-0.05, 0) is 5.56 Å². The van der Waals surface area contributed by atoms with Crippen LogP contribution < -0.4 is 5.32 Å². The van der Waals surface area contributed by atoms with Crippen LogP contribution in [-0.4, -0.2) is 30.8 Å². The summed E-state index contributed by atoms with van der Waals surface area (Å²) < 4.78 is 4.70. The molecule has 2 aromatic carbocycles. The monoisotopic (exact) mass is 325 g/mol. The Balaban J connectivity index is 2.12. The fourth-order valence-electron chi connectivity index (χ4n) is 2.37. The molecular formula is C19H19NO4. The molecule has 0 spiro atoms. The number of hydrogen-bond acceptors (Lipinski definition) is 4. The van der Waals surface area contributed by atoms with Gasteiger partial charge in [-0.3, -0.25) is 9.59 Å². The molecule has 0 heterocycles. The molecule has 0 aliphatic heterocycles. The number of carbonyl (C=O) groups is 3. The van der Waals surface area contributed by atoms with Crippen LogP contribution in [0.15, 0.2) is 54.6 Å². The fraction of sp³-hybridized carbons (Fsp3) is 0.211. The van der Waals surface area contributed by atoms with Crippen molar-refractivity contribution in [3.05, 3.63) is 71.3 Å². The smallest absolute Gasteiger partial charge is 0.328 e. The number of hydrogen-bond donors (Lipinski definition) is 1. The van der Waals surface area contributed by atoms with Crippen molar-refractivity contribution in [2.24, 2.45) is 0 Å². The molecule has 24 heavy (non-hydrogen) atoms. The maximum atomic E-state index is 12.3. The molecule has 0 aliphatic rings. The van der Waals surface area contributed by atoms with Gasteiger partial charge < -0.3 is 10.1 Å². The maximum absolute atomic E-state index is 12.3. The summed E-state index contributed by atoms with van der Waals surface area (Å²) in [6, 6.07) is 15.2. The van der Waals surface area contributed by atoms with E-state index < -0.39 is 12.0 Å². The third-order valence-electron chi connectivity index (χ3n) is 3.56. The molecule has 1 N–H and O–H groups in total. The maximum Gasteiger partial charge on any atom is 0.328 e. The van der Waals surface area contributed by atoms with Crippen LogP contribution in [0.5, 0.6) is 0 Å². The molecule has 5 nitrogen and oxygen atoms in total. The number of benzene rings is 2. The van der Waals surface area contributed by atoms with Gasteiger partial charge in [0, 0.05) is 24.5 Å². The normalized spacial score (nSPS) is 11.4. The predicted octanol–water partition coefficient (Wildman–Crippen LogP) is 2.14. The van der Waals surface area contributed by atoms with Crippen LogP contribution in [0.25, 0.3) is 0 Å². The van der Waals surface area contributed by atoms with Crippen LogP contribution in [-0.2, 0) is 20.7 Å². The highest BCUT2D eigenvalue weighted by Gasteiger charge is 2.20. The SMILES string of the molecule is COC(=O)[C@H](Cc1ccc(C(=O)c2ccccc2)cc1)NC(C)=O. The van der Waals surface area contributed by atoms with Gasteiger partial charge in [-0.25, -0.2) is 4.79 Å². The molecule has 0 fully saturated rings. The molecular weight excluding hydrogens is 306 g/mol. The van der Waals surface area contributed by atoms with Gasteiger partial charge in [0.2, 0.25) is 5.91 Å². The Labute approximate surface area is 140 Å². The first-order valence-electron chi connectivity index (χ1n) is 7.55. The van der Waals surface area contributed by atoms with Crippen LogP contribution in [0.3, 0.4) is 0 Å². The number of ether oxygens (including phenoxy) is 1. The first-order chi connectivity index (χ1) is 11.5. The van der Waals surface area contributed by atoms with Crippen LogP contribution >= 0.6 is 0 Å². The highest BCUT2D eigenvalue weighted by molar-refractivity contribution is 6.08. The highest BCUT2D eigenvalue weighted by atomic mass is 16.5. The molecule has 0 unspecified atom stereocenters. The lowest BCUT2D eigenvalue weighted by Crippen LogP contribution is -2.41.